The van der Waals surface area contributed by atoms with Crippen LogP contribution in [0.1, 0.15) is 25.3 Å². The Morgan fingerprint density at radius 2 is 2.12 bits per heavy atom. The van der Waals surface area contributed by atoms with Crippen LogP contribution in [0.2, 0.25) is 0 Å². The Bertz CT molecular complexity index is 689. The molecule has 2 heterocycles. The van der Waals surface area contributed by atoms with E-state index in [2.05, 4.69) is 4.98 Å². The molecule has 5 nitrogen and oxygen atoms in total. The standard InChI is InChI=1S/C20H24N2O3/c1-20(24)11-13-22(15-18(20)25-17-7-3-2-4-8-17)19(23)10-9-16-6-5-12-21-14-16/h2-8,12,14,18,24H,9-11,13,15H2,1H3/t18-,20-/m1/s1. The van der Waals surface area contributed by atoms with Gasteiger partial charge in [-0.25, -0.2) is 0 Å². The molecule has 1 aromatic carbocycles. The number of carbonyl (C=O) groups excluding carboxylic acids is 1. The maximum absolute atomic E-state index is 12.5. The highest BCUT2D eigenvalue weighted by Gasteiger charge is 2.40. The lowest BCUT2D eigenvalue weighted by Crippen LogP contribution is -2.57. The Balaban J connectivity index is 1.60. The molecule has 1 amide bonds. The smallest absolute Gasteiger partial charge is 0.223 e. The number of rotatable bonds is 5. The van der Waals surface area contributed by atoms with E-state index >= 15 is 0 Å². The van der Waals surface area contributed by atoms with Gasteiger partial charge in [-0.3, -0.25) is 9.78 Å². The summed E-state index contributed by atoms with van der Waals surface area (Å²) in [6, 6.07) is 13.3. The van der Waals surface area contributed by atoms with Gasteiger partial charge >= 0.3 is 0 Å². The number of ether oxygens (including phenoxy) is 1. The number of hydrogen-bond donors (Lipinski definition) is 1. The van der Waals surface area contributed by atoms with E-state index in [9.17, 15) is 9.90 Å². The maximum atomic E-state index is 12.5. The number of aryl methyl sites for hydroxylation is 1. The lowest BCUT2D eigenvalue weighted by Gasteiger charge is -2.42. The van der Waals surface area contributed by atoms with E-state index in [0.29, 0.717) is 38.1 Å². The van der Waals surface area contributed by atoms with Crippen molar-refractivity contribution in [1.29, 1.82) is 0 Å². The number of para-hydroxylation sites is 1. The Kier molecular flexibility index (Phi) is 5.34. The molecular weight excluding hydrogens is 316 g/mol. The summed E-state index contributed by atoms with van der Waals surface area (Å²) >= 11 is 0. The predicted octanol–water partition coefficient (Wildman–Crippen LogP) is 2.45. The van der Waals surface area contributed by atoms with Crippen molar-refractivity contribution in [3.8, 4) is 5.75 Å². The minimum atomic E-state index is -0.948. The molecule has 3 rings (SSSR count). The number of piperidine rings is 1. The van der Waals surface area contributed by atoms with Crippen LogP contribution in [0.4, 0.5) is 0 Å². The first-order valence-electron chi connectivity index (χ1n) is 8.65. The number of hydrogen-bond acceptors (Lipinski definition) is 4. The van der Waals surface area contributed by atoms with E-state index in [4.69, 9.17) is 4.74 Å². The van der Waals surface area contributed by atoms with Crippen molar-refractivity contribution in [2.45, 2.75) is 37.9 Å². The van der Waals surface area contributed by atoms with Crippen molar-refractivity contribution < 1.29 is 14.6 Å². The van der Waals surface area contributed by atoms with Crippen LogP contribution in [0.5, 0.6) is 5.75 Å². The van der Waals surface area contributed by atoms with Crippen LogP contribution < -0.4 is 4.74 Å². The third-order valence-corrected chi connectivity index (χ3v) is 4.69. The summed E-state index contributed by atoms with van der Waals surface area (Å²) in [4.78, 5) is 18.4. The van der Waals surface area contributed by atoms with Crippen molar-refractivity contribution in [3.05, 3.63) is 60.4 Å². The Hall–Kier alpha value is -2.40. The molecule has 2 atom stereocenters. The largest absolute Gasteiger partial charge is 0.486 e. The normalized spacial score (nSPS) is 23.3. The summed E-state index contributed by atoms with van der Waals surface area (Å²) in [6.45, 7) is 2.72. The van der Waals surface area contributed by atoms with Crippen molar-refractivity contribution in [3.63, 3.8) is 0 Å². The minimum Gasteiger partial charge on any atom is -0.486 e. The molecule has 0 saturated carbocycles. The monoisotopic (exact) mass is 340 g/mol. The molecule has 0 aliphatic carbocycles. The van der Waals surface area contributed by atoms with Crippen LogP contribution in [-0.4, -0.2) is 45.7 Å². The number of pyridine rings is 1. The van der Waals surface area contributed by atoms with Crippen molar-refractivity contribution >= 4 is 5.91 Å². The Morgan fingerprint density at radius 3 is 2.84 bits per heavy atom. The topological polar surface area (TPSA) is 62.7 Å². The molecule has 0 radical (unpaired) electrons. The van der Waals surface area contributed by atoms with Gasteiger partial charge in [0.2, 0.25) is 5.91 Å². The Morgan fingerprint density at radius 1 is 1.32 bits per heavy atom. The van der Waals surface area contributed by atoms with Gasteiger partial charge in [-0.15, -0.1) is 0 Å². The third kappa shape index (κ3) is 4.57. The molecule has 1 aromatic heterocycles. The summed E-state index contributed by atoms with van der Waals surface area (Å²) in [7, 11) is 0. The van der Waals surface area contributed by atoms with Crippen molar-refractivity contribution in [1.82, 2.24) is 9.88 Å². The van der Waals surface area contributed by atoms with Gasteiger partial charge in [-0.1, -0.05) is 24.3 Å². The van der Waals surface area contributed by atoms with Crippen LogP contribution in [-0.2, 0) is 11.2 Å². The summed E-state index contributed by atoms with van der Waals surface area (Å²) in [5.74, 6) is 0.790. The number of likely N-dealkylation sites (tertiary alicyclic amines) is 1. The highest BCUT2D eigenvalue weighted by atomic mass is 16.5. The van der Waals surface area contributed by atoms with Gasteiger partial charge in [0.15, 0.2) is 0 Å². The van der Waals surface area contributed by atoms with Gasteiger partial charge in [0.05, 0.1) is 6.54 Å². The second kappa shape index (κ2) is 7.66. The summed E-state index contributed by atoms with van der Waals surface area (Å²) in [5.41, 5.74) is 0.104. The van der Waals surface area contributed by atoms with Gasteiger partial charge in [0, 0.05) is 25.4 Å². The van der Waals surface area contributed by atoms with Crippen LogP contribution in [0.25, 0.3) is 0 Å². The predicted molar refractivity (Wildman–Crippen MR) is 95.2 cm³/mol. The van der Waals surface area contributed by atoms with Crippen LogP contribution in [0, 0.1) is 0 Å². The zero-order valence-corrected chi connectivity index (χ0v) is 14.5. The van der Waals surface area contributed by atoms with E-state index in [-0.39, 0.29) is 5.91 Å². The van der Waals surface area contributed by atoms with Crippen molar-refractivity contribution in [2.24, 2.45) is 0 Å². The molecule has 1 saturated heterocycles. The molecule has 25 heavy (non-hydrogen) atoms. The van der Waals surface area contributed by atoms with E-state index in [1.54, 1.807) is 24.2 Å². The molecule has 1 aliphatic rings. The average molecular weight is 340 g/mol. The average Bonchev–Trinajstić information content (AvgIpc) is 2.63. The molecule has 2 aromatic rings. The van der Waals surface area contributed by atoms with Gasteiger partial charge in [-0.2, -0.15) is 0 Å². The van der Waals surface area contributed by atoms with E-state index in [1.807, 2.05) is 42.5 Å². The minimum absolute atomic E-state index is 0.0843. The molecule has 0 bridgehead atoms. The molecule has 1 aliphatic heterocycles. The first-order valence-corrected chi connectivity index (χ1v) is 8.65. The number of nitrogens with zero attached hydrogens (tertiary/aromatic N) is 2. The molecule has 132 valence electrons. The van der Waals surface area contributed by atoms with Crippen LogP contribution in [0.15, 0.2) is 54.9 Å². The fourth-order valence-corrected chi connectivity index (χ4v) is 3.02. The summed E-state index contributed by atoms with van der Waals surface area (Å²) in [5, 5.41) is 10.6. The number of amides is 1. The van der Waals surface area contributed by atoms with E-state index in [0.717, 1.165) is 5.56 Å². The molecule has 0 unspecified atom stereocenters. The maximum Gasteiger partial charge on any atom is 0.223 e. The first-order chi connectivity index (χ1) is 12.0. The first kappa shape index (κ1) is 17.4. The molecule has 1 fully saturated rings. The summed E-state index contributed by atoms with van der Waals surface area (Å²) in [6.07, 6.45) is 4.68. The van der Waals surface area contributed by atoms with Crippen LogP contribution in [0.3, 0.4) is 0 Å². The SMILES string of the molecule is C[C@@]1(O)CCN(C(=O)CCc2cccnc2)C[C@H]1Oc1ccccc1. The number of aliphatic hydroxyl groups is 1. The number of carbonyl (C=O) groups is 1. The second-order valence-electron chi connectivity index (χ2n) is 6.73. The second-order valence-corrected chi connectivity index (χ2v) is 6.73. The lowest BCUT2D eigenvalue weighted by molar-refractivity contribution is -0.143. The number of benzene rings is 1. The zero-order chi connectivity index (χ0) is 17.7. The highest BCUT2D eigenvalue weighted by molar-refractivity contribution is 5.76. The third-order valence-electron chi connectivity index (χ3n) is 4.69. The van der Waals surface area contributed by atoms with Crippen LogP contribution >= 0.6 is 0 Å². The molecule has 5 heteroatoms. The quantitative estimate of drug-likeness (QED) is 0.908. The van der Waals surface area contributed by atoms with Gasteiger partial charge in [0.25, 0.3) is 0 Å². The Labute approximate surface area is 148 Å². The zero-order valence-electron chi connectivity index (χ0n) is 14.5. The van der Waals surface area contributed by atoms with Gasteiger partial charge in [0.1, 0.15) is 17.5 Å². The van der Waals surface area contributed by atoms with Gasteiger partial charge in [-0.05, 0) is 43.5 Å². The highest BCUT2D eigenvalue weighted by Crippen LogP contribution is 2.27. The van der Waals surface area contributed by atoms with E-state index in [1.165, 1.54) is 0 Å². The molecule has 1 N–H and O–H groups in total. The van der Waals surface area contributed by atoms with E-state index < -0.39 is 11.7 Å². The fraction of sp³-hybridized carbons (Fsp3) is 0.400. The lowest BCUT2D eigenvalue weighted by atomic mass is 9.90. The number of aromatic nitrogens is 1. The van der Waals surface area contributed by atoms with Gasteiger partial charge < -0.3 is 14.7 Å². The van der Waals surface area contributed by atoms with Crippen molar-refractivity contribution in [2.75, 3.05) is 13.1 Å². The summed E-state index contributed by atoms with van der Waals surface area (Å²) < 4.78 is 5.96. The molecule has 0 spiro atoms. The fourth-order valence-electron chi connectivity index (χ4n) is 3.02. The molecular formula is C20H24N2O3.